The molecule has 1 amide bonds. The number of esters is 1. The van der Waals surface area contributed by atoms with Gasteiger partial charge in [0.05, 0.1) is 37.6 Å². The van der Waals surface area contributed by atoms with Crippen molar-refractivity contribution in [2.24, 2.45) is 0 Å². The van der Waals surface area contributed by atoms with Crippen LogP contribution in [0, 0.1) is 6.92 Å². The third-order valence-corrected chi connectivity index (χ3v) is 7.24. The molecule has 40 heavy (non-hydrogen) atoms. The van der Waals surface area contributed by atoms with Crippen LogP contribution < -0.4 is 14.4 Å². The first-order chi connectivity index (χ1) is 19.3. The van der Waals surface area contributed by atoms with Gasteiger partial charge in [0.25, 0.3) is 5.91 Å². The number of carbonyl (C=O) groups is 3. The summed E-state index contributed by atoms with van der Waals surface area (Å²) in [6, 6.07) is 13.3. The number of aryl methyl sites for hydroxylation is 1. The standard InChI is InChI=1S/C30H30N2O7S/c1-5-16-39-22-15-13-20(17-23(22)38-6-2)25-24(21(33)14-12-19-10-8-7-9-11-19)26(34)28(35)32(25)30-31-18(3)27(40-30)29(36)37-4/h7-15,17,25,34H,5-6,16H2,1-4H3. The molecule has 0 saturated heterocycles. The van der Waals surface area contributed by atoms with Crippen LogP contribution in [0.2, 0.25) is 0 Å². The van der Waals surface area contributed by atoms with Gasteiger partial charge in [-0.1, -0.05) is 60.7 Å². The number of rotatable bonds is 11. The molecule has 1 aromatic heterocycles. The molecule has 1 unspecified atom stereocenters. The highest BCUT2D eigenvalue weighted by Gasteiger charge is 2.45. The zero-order valence-corrected chi connectivity index (χ0v) is 23.5. The Kier molecular flexibility index (Phi) is 9.00. The maximum Gasteiger partial charge on any atom is 0.350 e. The van der Waals surface area contributed by atoms with Crippen LogP contribution in [0.5, 0.6) is 11.5 Å². The lowest BCUT2D eigenvalue weighted by molar-refractivity contribution is -0.117. The first kappa shape index (κ1) is 28.6. The van der Waals surface area contributed by atoms with E-state index in [1.807, 2.05) is 44.2 Å². The summed E-state index contributed by atoms with van der Waals surface area (Å²) in [4.78, 5) is 45.2. The number of aliphatic hydroxyl groups excluding tert-OH is 1. The van der Waals surface area contributed by atoms with Gasteiger partial charge in [0.1, 0.15) is 4.88 Å². The number of methoxy groups -OCH3 is 1. The number of amides is 1. The number of hydrogen-bond donors (Lipinski definition) is 1. The van der Waals surface area contributed by atoms with Gasteiger partial charge in [0, 0.05) is 0 Å². The summed E-state index contributed by atoms with van der Waals surface area (Å²) >= 11 is 0.943. The topological polar surface area (TPSA) is 115 Å². The molecule has 2 aromatic carbocycles. The van der Waals surface area contributed by atoms with Crippen molar-refractivity contribution < 1.29 is 33.7 Å². The monoisotopic (exact) mass is 562 g/mol. The zero-order chi connectivity index (χ0) is 28.8. The SMILES string of the molecule is CCCOc1ccc(C2C(C(=O)C=Cc3ccccc3)=C(O)C(=O)N2c2nc(C)c(C(=O)OC)s2)cc1OCC. The minimum Gasteiger partial charge on any atom is -0.503 e. The predicted molar refractivity (Wildman–Crippen MR) is 152 cm³/mol. The molecule has 0 aliphatic carbocycles. The third kappa shape index (κ3) is 5.76. The van der Waals surface area contributed by atoms with E-state index < -0.39 is 29.5 Å². The predicted octanol–water partition coefficient (Wildman–Crippen LogP) is 5.61. The fraction of sp³-hybridized carbons (Fsp3) is 0.267. The van der Waals surface area contributed by atoms with Gasteiger partial charge in [-0.3, -0.25) is 14.5 Å². The van der Waals surface area contributed by atoms with Crippen molar-refractivity contribution in [3.05, 3.63) is 87.6 Å². The summed E-state index contributed by atoms with van der Waals surface area (Å²) in [6.45, 7) is 6.29. The van der Waals surface area contributed by atoms with Gasteiger partial charge in [-0.15, -0.1) is 0 Å². The summed E-state index contributed by atoms with van der Waals surface area (Å²) in [5, 5.41) is 11.2. The number of carbonyl (C=O) groups excluding carboxylic acids is 3. The van der Waals surface area contributed by atoms with Crippen molar-refractivity contribution in [2.45, 2.75) is 33.2 Å². The van der Waals surface area contributed by atoms with Crippen molar-refractivity contribution in [2.75, 3.05) is 25.2 Å². The van der Waals surface area contributed by atoms with Crippen molar-refractivity contribution in [3.63, 3.8) is 0 Å². The lowest BCUT2D eigenvalue weighted by Crippen LogP contribution is -2.31. The Bertz CT molecular complexity index is 1480. The van der Waals surface area contributed by atoms with E-state index in [9.17, 15) is 19.5 Å². The molecule has 0 radical (unpaired) electrons. The van der Waals surface area contributed by atoms with E-state index in [-0.39, 0.29) is 15.6 Å². The van der Waals surface area contributed by atoms with Gasteiger partial charge >= 0.3 is 5.97 Å². The molecule has 1 aliphatic rings. The number of aliphatic hydroxyl groups is 1. The summed E-state index contributed by atoms with van der Waals surface area (Å²) < 4.78 is 16.5. The smallest absolute Gasteiger partial charge is 0.350 e. The molecular formula is C30H30N2O7S. The number of thiazole rings is 1. The normalized spacial score (nSPS) is 15.2. The van der Waals surface area contributed by atoms with Crippen LogP contribution in [0.15, 0.2) is 65.9 Å². The molecule has 10 heteroatoms. The van der Waals surface area contributed by atoms with Gasteiger partial charge in [-0.2, -0.15) is 0 Å². The number of aromatic nitrogens is 1. The zero-order valence-electron chi connectivity index (χ0n) is 22.7. The fourth-order valence-corrected chi connectivity index (χ4v) is 5.27. The van der Waals surface area contributed by atoms with E-state index >= 15 is 0 Å². The highest BCUT2D eigenvalue weighted by molar-refractivity contribution is 7.17. The second kappa shape index (κ2) is 12.6. The summed E-state index contributed by atoms with van der Waals surface area (Å²) in [7, 11) is 1.26. The molecule has 9 nitrogen and oxygen atoms in total. The van der Waals surface area contributed by atoms with Crippen LogP contribution in [-0.2, 0) is 14.3 Å². The minimum absolute atomic E-state index is 0.116. The number of benzene rings is 2. The van der Waals surface area contributed by atoms with Gasteiger partial charge in [-0.25, -0.2) is 9.78 Å². The number of ether oxygens (including phenoxy) is 3. The number of anilines is 1. The first-order valence-corrected chi connectivity index (χ1v) is 13.6. The molecule has 4 rings (SSSR count). The van der Waals surface area contributed by atoms with Crippen molar-refractivity contribution in [1.82, 2.24) is 4.98 Å². The van der Waals surface area contributed by atoms with Crippen LogP contribution in [0.25, 0.3) is 6.08 Å². The van der Waals surface area contributed by atoms with Crippen molar-refractivity contribution in [3.8, 4) is 11.5 Å². The summed E-state index contributed by atoms with van der Waals surface area (Å²) in [5.74, 6) is -1.69. The fourth-order valence-electron chi connectivity index (χ4n) is 4.26. The molecule has 0 fully saturated rings. The minimum atomic E-state index is -1.05. The summed E-state index contributed by atoms with van der Waals surface area (Å²) in [6.07, 6.45) is 3.73. The number of ketones is 1. The Hall–Kier alpha value is -4.44. The highest BCUT2D eigenvalue weighted by Crippen LogP contribution is 2.45. The van der Waals surface area contributed by atoms with E-state index in [0.717, 1.165) is 23.3 Å². The molecule has 0 spiro atoms. The van der Waals surface area contributed by atoms with Crippen LogP contribution in [0.4, 0.5) is 5.13 Å². The van der Waals surface area contributed by atoms with Gasteiger partial charge in [0.15, 0.2) is 28.2 Å². The van der Waals surface area contributed by atoms with E-state index in [2.05, 4.69) is 4.98 Å². The molecule has 2 heterocycles. The molecule has 208 valence electrons. The molecule has 1 N–H and O–H groups in total. The molecule has 0 bridgehead atoms. The van der Waals surface area contributed by atoms with E-state index in [1.54, 1.807) is 31.2 Å². The molecule has 1 aliphatic heterocycles. The molecule has 3 aromatic rings. The van der Waals surface area contributed by atoms with E-state index in [1.165, 1.54) is 18.1 Å². The number of hydrogen-bond acceptors (Lipinski definition) is 9. The van der Waals surface area contributed by atoms with Crippen molar-refractivity contribution in [1.29, 1.82) is 0 Å². The Morgan fingerprint density at radius 2 is 1.85 bits per heavy atom. The highest BCUT2D eigenvalue weighted by atomic mass is 32.1. The third-order valence-electron chi connectivity index (χ3n) is 6.11. The van der Waals surface area contributed by atoms with Gasteiger partial charge in [-0.05, 0) is 49.6 Å². The van der Waals surface area contributed by atoms with Gasteiger partial charge in [0.2, 0.25) is 0 Å². The number of allylic oxidation sites excluding steroid dienone is 1. The maximum absolute atomic E-state index is 13.6. The van der Waals surface area contributed by atoms with Crippen LogP contribution in [-0.4, -0.2) is 48.1 Å². The maximum atomic E-state index is 13.6. The van der Waals surface area contributed by atoms with Crippen LogP contribution in [0.3, 0.4) is 0 Å². The molecule has 0 saturated carbocycles. The lowest BCUT2D eigenvalue weighted by atomic mass is 9.95. The average Bonchev–Trinajstić information content (AvgIpc) is 3.47. The van der Waals surface area contributed by atoms with Gasteiger partial charge < -0.3 is 19.3 Å². The number of nitrogens with zero attached hydrogens (tertiary/aromatic N) is 2. The Morgan fingerprint density at radius 1 is 1.10 bits per heavy atom. The Labute approximate surface area is 236 Å². The van der Waals surface area contributed by atoms with E-state index in [0.29, 0.717) is 36.0 Å². The second-order valence-corrected chi connectivity index (χ2v) is 9.82. The molecule has 1 atom stereocenters. The van der Waals surface area contributed by atoms with E-state index in [4.69, 9.17) is 14.2 Å². The average molecular weight is 563 g/mol. The first-order valence-electron chi connectivity index (χ1n) is 12.8. The van der Waals surface area contributed by atoms with Crippen LogP contribution in [0.1, 0.15) is 52.8 Å². The Morgan fingerprint density at radius 3 is 2.52 bits per heavy atom. The quantitative estimate of drug-likeness (QED) is 0.237. The molecular weight excluding hydrogens is 532 g/mol. The van der Waals surface area contributed by atoms with Crippen molar-refractivity contribution >= 4 is 40.2 Å². The van der Waals surface area contributed by atoms with Crippen LogP contribution >= 0.6 is 11.3 Å². The Balaban J connectivity index is 1.84. The lowest BCUT2D eigenvalue weighted by Gasteiger charge is -2.25. The second-order valence-electron chi connectivity index (χ2n) is 8.84. The summed E-state index contributed by atoms with van der Waals surface area (Å²) in [5.41, 5.74) is 1.52. The largest absolute Gasteiger partial charge is 0.503 e.